The van der Waals surface area contributed by atoms with Crippen LogP contribution in [0.3, 0.4) is 0 Å². The standard InChI is InChI=1S/C16H16Cl2FN3O/c17-12-6-10(5-9-1-3-23-4-2-9)15(22-16(12)20)11-7-14(19)21-8-13(11)18/h6-9H,1-5H2,(H2,20,22). The highest BCUT2D eigenvalue weighted by Gasteiger charge is 2.20. The van der Waals surface area contributed by atoms with Crippen LogP contribution in [0.2, 0.25) is 10.0 Å². The Balaban J connectivity index is 2.03. The zero-order chi connectivity index (χ0) is 16.4. The van der Waals surface area contributed by atoms with Crippen molar-refractivity contribution in [2.75, 3.05) is 18.9 Å². The molecule has 23 heavy (non-hydrogen) atoms. The summed E-state index contributed by atoms with van der Waals surface area (Å²) in [5.74, 6) is 0.0527. The third kappa shape index (κ3) is 3.74. The van der Waals surface area contributed by atoms with Gasteiger partial charge in [-0.25, -0.2) is 9.97 Å². The van der Waals surface area contributed by atoms with Crippen molar-refractivity contribution in [1.29, 1.82) is 0 Å². The van der Waals surface area contributed by atoms with Crippen LogP contribution in [-0.2, 0) is 11.2 Å². The molecule has 7 heteroatoms. The van der Waals surface area contributed by atoms with E-state index >= 15 is 0 Å². The SMILES string of the molecule is Nc1nc(-c2cc(F)ncc2Cl)c(CC2CCOCC2)cc1Cl. The van der Waals surface area contributed by atoms with Crippen molar-refractivity contribution in [3.8, 4) is 11.3 Å². The lowest BCUT2D eigenvalue weighted by Gasteiger charge is -2.23. The summed E-state index contributed by atoms with van der Waals surface area (Å²) in [7, 11) is 0. The summed E-state index contributed by atoms with van der Waals surface area (Å²) in [6, 6.07) is 3.06. The van der Waals surface area contributed by atoms with Gasteiger partial charge in [-0.05, 0) is 36.8 Å². The summed E-state index contributed by atoms with van der Waals surface area (Å²) < 4.78 is 18.9. The predicted octanol–water partition coefficient (Wildman–Crippen LogP) is 4.14. The van der Waals surface area contributed by atoms with Gasteiger partial charge in [0, 0.05) is 31.0 Å². The van der Waals surface area contributed by atoms with Crippen LogP contribution in [0.15, 0.2) is 18.3 Å². The molecule has 122 valence electrons. The largest absolute Gasteiger partial charge is 0.382 e. The first-order valence-electron chi connectivity index (χ1n) is 7.38. The number of pyridine rings is 2. The molecule has 0 saturated carbocycles. The minimum absolute atomic E-state index is 0.200. The number of nitrogens with two attached hydrogens (primary N) is 1. The van der Waals surface area contributed by atoms with Crippen LogP contribution in [0.5, 0.6) is 0 Å². The third-order valence-corrected chi connectivity index (χ3v) is 4.61. The molecule has 0 aromatic carbocycles. The number of anilines is 1. The molecule has 0 radical (unpaired) electrons. The first-order chi connectivity index (χ1) is 11.0. The quantitative estimate of drug-likeness (QED) is 0.840. The number of nitrogen functional groups attached to an aromatic ring is 1. The van der Waals surface area contributed by atoms with Crippen LogP contribution in [0.4, 0.5) is 10.2 Å². The number of rotatable bonds is 3. The number of hydrogen-bond acceptors (Lipinski definition) is 4. The zero-order valence-electron chi connectivity index (χ0n) is 12.4. The maximum atomic E-state index is 13.5. The second kappa shape index (κ2) is 6.99. The molecule has 0 unspecified atom stereocenters. The Labute approximate surface area is 143 Å². The Bertz CT molecular complexity index is 721. The summed E-state index contributed by atoms with van der Waals surface area (Å²) in [4.78, 5) is 7.90. The van der Waals surface area contributed by atoms with E-state index < -0.39 is 5.95 Å². The molecule has 1 aliphatic heterocycles. The highest BCUT2D eigenvalue weighted by Crippen LogP contribution is 2.34. The molecule has 0 spiro atoms. The first-order valence-corrected chi connectivity index (χ1v) is 8.14. The Hall–Kier alpha value is -1.43. The second-order valence-electron chi connectivity index (χ2n) is 5.61. The van der Waals surface area contributed by atoms with Crippen LogP contribution >= 0.6 is 23.2 Å². The van der Waals surface area contributed by atoms with E-state index in [1.54, 1.807) is 6.07 Å². The highest BCUT2D eigenvalue weighted by molar-refractivity contribution is 6.34. The fourth-order valence-electron chi connectivity index (χ4n) is 2.79. The Morgan fingerprint density at radius 3 is 2.70 bits per heavy atom. The number of aromatic nitrogens is 2. The Kier molecular flexibility index (Phi) is 4.99. The van der Waals surface area contributed by atoms with Crippen molar-refractivity contribution in [2.24, 2.45) is 5.92 Å². The van der Waals surface area contributed by atoms with Crippen LogP contribution in [0, 0.1) is 11.9 Å². The lowest BCUT2D eigenvalue weighted by atomic mass is 9.90. The van der Waals surface area contributed by atoms with Crippen molar-refractivity contribution >= 4 is 29.0 Å². The van der Waals surface area contributed by atoms with Gasteiger partial charge >= 0.3 is 0 Å². The van der Waals surface area contributed by atoms with Crippen molar-refractivity contribution in [1.82, 2.24) is 9.97 Å². The van der Waals surface area contributed by atoms with E-state index in [2.05, 4.69) is 9.97 Å². The molecule has 0 amide bonds. The van der Waals surface area contributed by atoms with Gasteiger partial charge in [-0.2, -0.15) is 4.39 Å². The lowest BCUT2D eigenvalue weighted by molar-refractivity contribution is 0.0665. The van der Waals surface area contributed by atoms with Gasteiger partial charge in [0.05, 0.1) is 15.7 Å². The number of ether oxygens (including phenoxy) is 1. The van der Waals surface area contributed by atoms with Crippen molar-refractivity contribution < 1.29 is 9.13 Å². The van der Waals surface area contributed by atoms with Gasteiger partial charge < -0.3 is 10.5 Å². The van der Waals surface area contributed by atoms with Crippen LogP contribution in [0.1, 0.15) is 18.4 Å². The van der Waals surface area contributed by atoms with Crippen molar-refractivity contribution in [2.45, 2.75) is 19.3 Å². The fourth-order valence-corrected chi connectivity index (χ4v) is 3.15. The van der Waals surface area contributed by atoms with Crippen molar-refractivity contribution in [3.63, 3.8) is 0 Å². The van der Waals surface area contributed by atoms with Crippen LogP contribution in [0.25, 0.3) is 11.3 Å². The molecular formula is C16H16Cl2FN3O. The predicted molar refractivity (Wildman–Crippen MR) is 89.1 cm³/mol. The lowest BCUT2D eigenvalue weighted by Crippen LogP contribution is -2.18. The molecule has 0 aliphatic carbocycles. The normalized spacial score (nSPS) is 15.8. The molecule has 0 bridgehead atoms. The average Bonchev–Trinajstić information content (AvgIpc) is 2.54. The number of halogens is 3. The van der Waals surface area contributed by atoms with Gasteiger partial charge in [0.2, 0.25) is 5.95 Å². The van der Waals surface area contributed by atoms with Gasteiger partial charge in [0.15, 0.2) is 0 Å². The minimum Gasteiger partial charge on any atom is -0.382 e. The average molecular weight is 356 g/mol. The zero-order valence-corrected chi connectivity index (χ0v) is 13.9. The fraction of sp³-hybridized carbons (Fsp3) is 0.375. The third-order valence-electron chi connectivity index (χ3n) is 4.01. The van der Waals surface area contributed by atoms with E-state index in [4.69, 9.17) is 33.7 Å². The molecule has 0 atom stereocenters. The summed E-state index contributed by atoms with van der Waals surface area (Å²) in [6.07, 6.45) is 3.99. The summed E-state index contributed by atoms with van der Waals surface area (Å²) >= 11 is 12.3. The van der Waals surface area contributed by atoms with E-state index in [1.807, 2.05) is 0 Å². The minimum atomic E-state index is -0.614. The van der Waals surface area contributed by atoms with E-state index in [1.165, 1.54) is 12.3 Å². The van der Waals surface area contributed by atoms with Crippen LogP contribution < -0.4 is 5.73 Å². The number of nitrogens with zero attached hydrogens (tertiary/aromatic N) is 2. The van der Waals surface area contributed by atoms with E-state index in [9.17, 15) is 4.39 Å². The van der Waals surface area contributed by atoms with Gasteiger partial charge in [-0.15, -0.1) is 0 Å². The van der Waals surface area contributed by atoms with E-state index in [0.717, 1.165) is 38.0 Å². The molecule has 2 aromatic heterocycles. The maximum absolute atomic E-state index is 13.5. The van der Waals surface area contributed by atoms with Crippen LogP contribution in [-0.4, -0.2) is 23.2 Å². The monoisotopic (exact) mass is 355 g/mol. The molecule has 3 rings (SSSR count). The molecule has 2 aromatic rings. The second-order valence-corrected chi connectivity index (χ2v) is 6.42. The Morgan fingerprint density at radius 1 is 1.22 bits per heavy atom. The molecule has 1 saturated heterocycles. The highest BCUT2D eigenvalue weighted by atomic mass is 35.5. The van der Waals surface area contributed by atoms with E-state index in [0.29, 0.717) is 27.2 Å². The molecule has 4 nitrogen and oxygen atoms in total. The van der Waals surface area contributed by atoms with Gasteiger partial charge in [0.1, 0.15) is 5.82 Å². The van der Waals surface area contributed by atoms with Crippen molar-refractivity contribution in [3.05, 3.63) is 39.9 Å². The molecule has 2 N–H and O–H groups in total. The first kappa shape index (κ1) is 16.4. The van der Waals surface area contributed by atoms with Gasteiger partial charge in [-0.3, -0.25) is 0 Å². The van der Waals surface area contributed by atoms with Gasteiger partial charge in [-0.1, -0.05) is 23.2 Å². The number of hydrogen-bond donors (Lipinski definition) is 1. The topological polar surface area (TPSA) is 61.0 Å². The molecule has 3 heterocycles. The molecular weight excluding hydrogens is 340 g/mol. The molecule has 1 aliphatic rings. The molecule has 1 fully saturated rings. The van der Waals surface area contributed by atoms with E-state index in [-0.39, 0.29) is 5.82 Å². The Morgan fingerprint density at radius 2 is 1.96 bits per heavy atom. The summed E-state index contributed by atoms with van der Waals surface area (Å²) in [6.45, 7) is 1.50. The van der Waals surface area contributed by atoms with Gasteiger partial charge in [0.25, 0.3) is 0 Å². The summed E-state index contributed by atoms with van der Waals surface area (Å²) in [5, 5.41) is 0.718. The smallest absolute Gasteiger partial charge is 0.213 e. The summed E-state index contributed by atoms with van der Waals surface area (Å²) in [5.41, 5.74) is 7.78. The maximum Gasteiger partial charge on any atom is 0.213 e.